The van der Waals surface area contributed by atoms with Crippen molar-refractivity contribution < 1.29 is 19.0 Å². The van der Waals surface area contributed by atoms with Crippen LogP contribution in [0.15, 0.2) is 18.2 Å². The molecule has 0 unspecified atom stereocenters. The summed E-state index contributed by atoms with van der Waals surface area (Å²) in [5, 5.41) is 11.8. The van der Waals surface area contributed by atoms with Crippen LogP contribution >= 0.6 is 0 Å². The Kier molecular flexibility index (Phi) is 5.87. The Bertz CT molecular complexity index is 773. The number of amides is 1. The van der Waals surface area contributed by atoms with Crippen LogP contribution in [0.1, 0.15) is 18.7 Å². The lowest BCUT2D eigenvalue weighted by molar-refractivity contribution is -0.142. The van der Waals surface area contributed by atoms with E-state index >= 15 is 0 Å². The maximum atomic E-state index is 12.6. The molecular weight excluding hydrogens is 352 g/mol. The lowest BCUT2D eigenvalue weighted by Gasteiger charge is -2.21. The molecule has 1 amide bonds. The number of nitrogens with zero attached hydrogens (tertiary/aromatic N) is 5. The van der Waals surface area contributed by atoms with E-state index in [1.807, 2.05) is 0 Å². The summed E-state index contributed by atoms with van der Waals surface area (Å²) in [5.74, 6) is 1.63. The zero-order valence-corrected chi connectivity index (χ0v) is 15.7. The quantitative estimate of drug-likeness (QED) is 0.725. The fraction of sp³-hybridized carbons (Fsp3) is 0.529. The van der Waals surface area contributed by atoms with E-state index < -0.39 is 6.10 Å². The van der Waals surface area contributed by atoms with E-state index in [0.29, 0.717) is 36.0 Å². The third kappa shape index (κ3) is 4.17. The summed E-state index contributed by atoms with van der Waals surface area (Å²) in [4.78, 5) is 14.2. The fourth-order valence-electron chi connectivity index (χ4n) is 3.02. The van der Waals surface area contributed by atoms with Crippen LogP contribution in [-0.4, -0.2) is 71.0 Å². The van der Waals surface area contributed by atoms with E-state index in [0.717, 1.165) is 6.42 Å². The largest absolute Gasteiger partial charge is 0.497 e. The number of hydrogen-bond donors (Lipinski definition) is 1. The average Bonchev–Trinajstić information content (AvgIpc) is 3.36. The third-order valence-corrected chi connectivity index (χ3v) is 4.52. The van der Waals surface area contributed by atoms with Crippen molar-refractivity contribution in [2.24, 2.45) is 5.73 Å². The SMILES string of the molecule is COc1cc(OC)cc(-n2nnnc2CN(C)C(=O)[C@@H]2CC[C@H](CN)O2)c1. The normalized spacial score (nSPS) is 19.1. The first kappa shape index (κ1) is 19.1. The van der Waals surface area contributed by atoms with Crippen LogP contribution < -0.4 is 15.2 Å². The number of nitrogens with two attached hydrogens (primary N) is 1. The van der Waals surface area contributed by atoms with Crippen LogP contribution in [-0.2, 0) is 16.1 Å². The van der Waals surface area contributed by atoms with Gasteiger partial charge in [0.15, 0.2) is 5.82 Å². The summed E-state index contributed by atoms with van der Waals surface area (Å²) in [6.45, 7) is 0.655. The summed E-state index contributed by atoms with van der Waals surface area (Å²) < 4.78 is 17.8. The van der Waals surface area contributed by atoms with Crippen molar-refractivity contribution in [1.29, 1.82) is 0 Å². The molecule has 0 spiro atoms. The standard InChI is InChI=1S/C17H24N6O4/c1-22(17(24)15-5-4-12(9-18)27-15)10-16-19-20-21-23(16)11-6-13(25-2)8-14(7-11)26-3/h6-8,12,15H,4-5,9-10,18H2,1-3H3/t12-,15+/m1/s1. The summed E-state index contributed by atoms with van der Waals surface area (Å²) in [7, 11) is 4.84. The molecule has 146 valence electrons. The molecule has 0 bridgehead atoms. The second kappa shape index (κ2) is 8.31. The highest BCUT2D eigenvalue weighted by Gasteiger charge is 2.32. The van der Waals surface area contributed by atoms with Gasteiger partial charge in [-0.2, -0.15) is 4.68 Å². The van der Waals surface area contributed by atoms with E-state index in [4.69, 9.17) is 19.9 Å². The molecule has 1 fully saturated rings. The van der Waals surface area contributed by atoms with Crippen molar-refractivity contribution in [3.05, 3.63) is 24.0 Å². The van der Waals surface area contributed by atoms with E-state index in [9.17, 15) is 4.79 Å². The van der Waals surface area contributed by atoms with Crippen LogP contribution in [0.25, 0.3) is 5.69 Å². The molecular formula is C17H24N6O4. The van der Waals surface area contributed by atoms with Gasteiger partial charge in [-0.3, -0.25) is 4.79 Å². The van der Waals surface area contributed by atoms with Gasteiger partial charge in [-0.15, -0.1) is 5.10 Å². The number of benzene rings is 1. The molecule has 2 N–H and O–H groups in total. The number of likely N-dealkylation sites (N-methyl/N-ethyl adjacent to an activating group) is 1. The predicted molar refractivity (Wildman–Crippen MR) is 95.7 cm³/mol. The highest BCUT2D eigenvalue weighted by Crippen LogP contribution is 2.25. The van der Waals surface area contributed by atoms with E-state index in [1.54, 1.807) is 49.0 Å². The summed E-state index contributed by atoms with van der Waals surface area (Å²) in [5.41, 5.74) is 6.29. The number of carbonyl (C=O) groups excluding carboxylic acids is 1. The number of rotatable bonds is 7. The Morgan fingerprint density at radius 3 is 2.59 bits per heavy atom. The fourth-order valence-corrected chi connectivity index (χ4v) is 3.02. The molecule has 1 saturated heterocycles. The van der Waals surface area contributed by atoms with E-state index in [1.165, 1.54) is 0 Å². The molecule has 2 aromatic rings. The Hall–Kier alpha value is -2.72. The molecule has 2 atom stereocenters. The maximum Gasteiger partial charge on any atom is 0.251 e. The zero-order valence-electron chi connectivity index (χ0n) is 15.7. The molecule has 1 aromatic heterocycles. The van der Waals surface area contributed by atoms with Crippen molar-refractivity contribution in [1.82, 2.24) is 25.1 Å². The van der Waals surface area contributed by atoms with Gasteiger partial charge in [-0.05, 0) is 23.3 Å². The monoisotopic (exact) mass is 376 g/mol. The predicted octanol–water partition coefficient (Wildman–Crippen LogP) is 0.144. The van der Waals surface area contributed by atoms with Crippen molar-refractivity contribution in [2.45, 2.75) is 31.6 Å². The van der Waals surface area contributed by atoms with Crippen LogP contribution in [0.2, 0.25) is 0 Å². The second-order valence-electron chi connectivity index (χ2n) is 6.33. The average molecular weight is 376 g/mol. The van der Waals surface area contributed by atoms with Gasteiger partial charge < -0.3 is 24.8 Å². The zero-order chi connectivity index (χ0) is 19.4. The van der Waals surface area contributed by atoms with Crippen molar-refractivity contribution in [3.63, 3.8) is 0 Å². The highest BCUT2D eigenvalue weighted by molar-refractivity contribution is 5.80. The lowest BCUT2D eigenvalue weighted by Crippen LogP contribution is -2.37. The Morgan fingerprint density at radius 2 is 2.00 bits per heavy atom. The molecule has 1 aliphatic heterocycles. The molecule has 27 heavy (non-hydrogen) atoms. The number of methoxy groups -OCH3 is 2. The number of carbonyl (C=O) groups is 1. The van der Waals surface area contributed by atoms with Gasteiger partial charge in [0, 0.05) is 31.8 Å². The number of hydrogen-bond acceptors (Lipinski definition) is 8. The molecule has 0 aliphatic carbocycles. The summed E-state index contributed by atoms with van der Waals surface area (Å²) in [6, 6.07) is 5.33. The van der Waals surface area contributed by atoms with Gasteiger partial charge in [0.25, 0.3) is 5.91 Å². The van der Waals surface area contributed by atoms with Crippen LogP contribution in [0.4, 0.5) is 0 Å². The smallest absolute Gasteiger partial charge is 0.251 e. The van der Waals surface area contributed by atoms with Gasteiger partial charge in [-0.25, -0.2) is 0 Å². The minimum atomic E-state index is -0.468. The molecule has 10 nitrogen and oxygen atoms in total. The molecule has 0 radical (unpaired) electrons. The summed E-state index contributed by atoms with van der Waals surface area (Å²) in [6.07, 6.45) is 0.942. The number of ether oxygens (including phenoxy) is 3. The van der Waals surface area contributed by atoms with Crippen LogP contribution in [0, 0.1) is 0 Å². The molecule has 0 saturated carbocycles. The number of tetrazole rings is 1. The first-order valence-corrected chi connectivity index (χ1v) is 8.67. The third-order valence-electron chi connectivity index (χ3n) is 4.52. The first-order valence-electron chi connectivity index (χ1n) is 8.67. The molecule has 1 aliphatic rings. The minimum absolute atomic E-state index is 0.0538. The van der Waals surface area contributed by atoms with Gasteiger partial charge in [0.1, 0.15) is 17.6 Å². The highest BCUT2D eigenvalue weighted by atomic mass is 16.5. The Morgan fingerprint density at radius 1 is 1.30 bits per heavy atom. The molecule has 2 heterocycles. The summed E-state index contributed by atoms with van der Waals surface area (Å²) >= 11 is 0. The Balaban J connectivity index is 1.76. The molecule has 3 rings (SSSR count). The van der Waals surface area contributed by atoms with Crippen molar-refractivity contribution >= 4 is 5.91 Å². The van der Waals surface area contributed by atoms with Gasteiger partial charge in [-0.1, -0.05) is 0 Å². The second-order valence-corrected chi connectivity index (χ2v) is 6.33. The van der Waals surface area contributed by atoms with Crippen molar-refractivity contribution in [3.8, 4) is 17.2 Å². The molecule has 10 heteroatoms. The topological polar surface area (TPSA) is 118 Å². The van der Waals surface area contributed by atoms with Crippen molar-refractivity contribution in [2.75, 3.05) is 27.8 Å². The Labute approximate surface area is 157 Å². The van der Waals surface area contributed by atoms with Crippen LogP contribution in [0.3, 0.4) is 0 Å². The van der Waals surface area contributed by atoms with E-state index in [-0.39, 0.29) is 18.6 Å². The lowest BCUT2D eigenvalue weighted by atomic mass is 10.2. The van der Waals surface area contributed by atoms with Gasteiger partial charge in [0.05, 0.1) is 32.6 Å². The van der Waals surface area contributed by atoms with Gasteiger partial charge >= 0.3 is 0 Å². The van der Waals surface area contributed by atoms with E-state index in [2.05, 4.69) is 15.5 Å². The minimum Gasteiger partial charge on any atom is -0.497 e. The van der Waals surface area contributed by atoms with Gasteiger partial charge in [0.2, 0.25) is 0 Å². The molecule has 1 aromatic carbocycles. The van der Waals surface area contributed by atoms with Crippen LogP contribution in [0.5, 0.6) is 11.5 Å². The maximum absolute atomic E-state index is 12.6. The first-order chi connectivity index (χ1) is 13.0. The number of aromatic nitrogens is 4.